The van der Waals surface area contributed by atoms with Crippen LogP contribution in [-0.2, 0) is 16.0 Å². The zero-order chi connectivity index (χ0) is 15.1. The Hall–Kier alpha value is -2.08. The Balaban J connectivity index is 2.35. The number of hydrogen-bond donors (Lipinski definition) is 3. The second-order valence-electron chi connectivity index (χ2n) is 4.72. The van der Waals surface area contributed by atoms with Crippen LogP contribution in [0.2, 0.25) is 0 Å². The molecule has 1 atom stereocenters. The van der Waals surface area contributed by atoms with E-state index in [2.05, 4.69) is 5.32 Å². The van der Waals surface area contributed by atoms with E-state index in [1.807, 2.05) is 43.3 Å². The first-order valence-electron chi connectivity index (χ1n) is 6.34. The van der Waals surface area contributed by atoms with Crippen LogP contribution < -0.4 is 10.2 Å². The number of rotatable bonds is 7. The molecule has 0 bridgehead atoms. The lowest BCUT2D eigenvalue weighted by molar-refractivity contribution is -0.146. The molecule has 0 aliphatic heterocycles. The molecule has 3 N–H and O–H groups in total. The second kappa shape index (κ2) is 7.49. The summed E-state index contributed by atoms with van der Waals surface area (Å²) in [6.07, 6.45) is -0.727. The summed E-state index contributed by atoms with van der Waals surface area (Å²) in [7, 11) is 3.91. The van der Waals surface area contributed by atoms with E-state index in [1.165, 1.54) is 0 Å². The van der Waals surface area contributed by atoms with Crippen molar-refractivity contribution < 1.29 is 19.8 Å². The number of benzene rings is 1. The minimum atomic E-state index is -1.56. The van der Waals surface area contributed by atoms with E-state index in [0.29, 0.717) is 6.42 Å². The molecule has 0 aliphatic rings. The quantitative estimate of drug-likeness (QED) is 0.666. The van der Waals surface area contributed by atoms with Gasteiger partial charge in [0.05, 0.1) is 6.54 Å². The topological polar surface area (TPSA) is 89.9 Å². The molecule has 0 aromatic heterocycles. The van der Waals surface area contributed by atoms with E-state index < -0.39 is 12.1 Å². The summed E-state index contributed by atoms with van der Waals surface area (Å²) in [5.74, 6) is -1.62. The highest BCUT2D eigenvalue weighted by Gasteiger charge is 2.13. The molecular formula is C14H20N2O4. The summed E-state index contributed by atoms with van der Waals surface area (Å²) in [5, 5.41) is 19.9. The molecule has 0 heterocycles. The number of nitrogens with zero attached hydrogens (tertiary/aromatic N) is 1. The lowest BCUT2D eigenvalue weighted by atomic mass is 10.1. The Morgan fingerprint density at radius 1 is 1.25 bits per heavy atom. The van der Waals surface area contributed by atoms with Gasteiger partial charge in [-0.15, -0.1) is 0 Å². The third-order valence-electron chi connectivity index (χ3n) is 2.87. The highest BCUT2D eigenvalue weighted by atomic mass is 16.4. The number of nitrogens with one attached hydrogen (secondary N) is 1. The fourth-order valence-electron chi connectivity index (χ4n) is 1.60. The van der Waals surface area contributed by atoms with Crippen molar-refractivity contribution in [1.29, 1.82) is 0 Å². The van der Waals surface area contributed by atoms with Crippen molar-refractivity contribution >= 4 is 17.6 Å². The van der Waals surface area contributed by atoms with Crippen molar-refractivity contribution in [1.82, 2.24) is 5.32 Å². The predicted octanol–water partition coefficient (Wildman–Crippen LogP) is 0.247. The zero-order valence-corrected chi connectivity index (χ0v) is 11.7. The average Bonchev–Trinajstić information content (AvgIpc) is 2.42. The van der Waals surface area contributed by atoms with Gasteiger partial charge in [0.2, 0.25) is 5.91 Å². The number of carboxylic acids is 1. The summed E-state index contributed by atoms with van der Waals surface area (Å²) in [4.78, 5) is 23.9. The monoisotopic (exact) mass is 280 g/mol. The molecule has 6 heteroatoms. The summed E-state index contributed by atoms with van der Waals surface area (Å²) in [6.45, 7) is -0.270. The molecule has 6 nitrogen and oxygen atoms in total. The SMILES string of the molecule is CN(C)c1ccc(CCC(=O)NCC(O)C(=O)O)cc1. The van der Waals surface area contributed by atoms with Crippen LogP contribution >= 0.6 is 0 Å². The number of carbonyl (C=O) groups excluding carboxylic acids is 1. The molecule has 20 heavy (non-hydrogen) atoms. The summed E-state index contributed by atoms with van der Waals surface area (Å²) < 4.78 is 0. The van der Waals surface area contributed by atoms with Gasteiger partial charge in [0.25, 0.3) is 0 Å². The molecule has 1 unspecified atom stereocenters. The number of carbonyl (C=O) groups is 2. The summed E-state index contributed by atoms with van der Waals surface area (Å²) >= 11 is 0. The number of anilines is 1. The summed E-state index contributed by atoms with van der Waals surface area (Å²) in [5.41, 5.74) is 2.12. The van der Waals surface area contributed by atoms with Crippen LogP contribution in [0, 0.1) is 0 Å². The fourth-order valence-corrected chi connectivity index (χ4v) is 1.60. The number of carboxylic acid groups (broad SMARTS) is 1. The van der Waals surface area contributed by atoms with Crippen LogP contribution in [0.1, 0.15) is 12.0 Å². The molecule has 110 valence electrons. The molecular weight excluding hydrogens is 260 g/mol. The lowest BCUT2D eigenvalue weighted by Crippen LogP contribution is -2.36. The first-order chi connectivity index (χ1) is 9.40. The van der Waals surface area contributed by atoms with Gasteiger partial charge in [0.1, 0.15) is 0 Å². The fraction of sp³-hybridized carbons (Fsp3) is 0.429. The van der Waals surface area contributed by atoms with Crippen molar-refractivity contribution in [3.8, 4) is 0 Å². The van der Waals surface area contributed by atoms with Gasteiger partial charge in [0, 0.05) is 26.2 Å². The van der Waals surface area contributed by atoms with Gasteiger partial charge in [-0.2, -0.15) is 0 Å². The minimum Gasteiger partial charge on any atom is -0.479 e. The minimum absolute atomic E-state index is 0.258. The van der Waals surface area contributed by atoms with E-state index in [4.69, 9.17) is 10.2 Å². The molecule has 0 saturated carbocycles. The highest BCUT2D eigenvalue weighted by molar-refractivity contribution is 5.78. The smallest absolute Gasteiger partial charge is 0.334 e. The molecule has 1 aromatic rings. The van der Waals surface area contributed by atoms with E-state index in [-0.39, 0.29) is 18.9 Å². The van der Waals surface area contributed by atoms with Gasteiger partial charge in [-0.25, -0.2) is 4.79 Å². The second-order valence-corrected chi connectivity index (χ2v) is 4.72. The van der Waals surface area contributed by atoms with Gasteiger partial charge < -0.3 is 20.4 Å². The van der Waals surface area contributed by atoms with Gasteiger partial charge in [-0.1, -0.05) is 12.1 Å². The van der Waals surface area contributed by atoms with Crippen molar-refractivity contribution in [2.45, 2.75) is 18.9 Å². The van der Waals surface area contributed by atoms with E-state index >= 15 is 0 Å². The van der Waals surface area contributed by atoms with Crippen LogP contribution in [0.4, 0.5) is 5.69 Å². The van der Waals surface area contributed by atoms with E-state index in [0.717, 1.165) is 11.3 Å². The zero-order valence-electron chi connectivity index (χ0n) is 11.7. The van der Waals surface area contributed by atoms with Gasteiger partial charge in [-0.05, 0) is 24.1 Å². The maximum Gasteiger partial charge on any atom is 0.334 e. The standard InChI is InChI=1S/C14H20N2O4/c1-16(2)11-6-3-10(4-7-11)5-8-13(18)15-9-12(17)14(19)20/h3-4,6-7,12,17H,5,8-9H2,1-2H3,(H,15,18)(H,19,20). The molecule has 0 spiro atoms. The summed E-state index contributed by atoms with van der Waals surface area (Å²) in [6, 6.07) is 7.85. The van der Waals surface area contributed by atoms with Crippen LogP contribution in [-0.4, -0.2) is 48.8 Å². The van der Waals surface area contributed by atoms with E-state index in [1.54, 1.807) is 0 Å². The maximum atomic E-state index is 11.5. The third kappa shape index (κ3) is 5.27. The van der Waals surface area contributed by atoms with Crippen molar-refractivity contribution in [2.75, 3.05) is 25.5 Å². The molecule has 1 amide bonds. The maximum absolute atomic E-state index is 11.5. The van der Waals surface area contributed by atoms with Gasteiger partial charge in [-0.3, -0.25) is 4.79 Å². The van der Waals surface area contributed by atoms with Gasteiger partial charge in [0.15, 0.2) is 6.10 Å². The van der Waals surface area contributed by atoms with Crippen LogP contribution in [0.3, 0.4) is 0 Å². The first-order valence-corrected chi connectivity index (χ1v) is 6.34. The highest BCUT2D eigenvalue weighted by Crippen LogP contribution is 2.13. The Morgan fingerprint density at radius 3 is 2.35 bits per heavy atom. The molecule has 0 fully saturated rings. The molecule has 1 rings (SSSR count). The van der Waals surface area contributed by atoms with E-state index in [9.17, 15) is 9.59 Å². The number of amides is 1. The number of aliphatic hydroxyl groups is 1. The predicted molar refractivity (Wildman–Crippen MR) is 75.7 cm³/mol. The lowest BCUT2D eigenvalue weighted by Gasteiger charge is -2.12. The first kappa shape index (κ1) is 16.0. The van der Waals surface area contributed by atoms with Crippen molar-refractivity contribution in [3.05, 3.63) is 29.8 Å². The van der Waals surface area contributed by atoms with Crippen molar-refractivity contribution in [2.24, 2.45) is 0 Å². The number of aryl methyl sites for hydroxylation is 1. The number of aliphatic hydroxyl groups excluding tert-OH is 1. The van der Waals surface area contributed by atoms with Crippen LogP contribution in [0.25, 0.3) is 0 Å². The largest absolute Gasteiger partial charge is 0.479 e. The number of hydrogen-bond acceptors (Lipinski definition) is 4. The molecule has 0 aliphatic carbocycles. The Kier molecular flexibility index (Phi) is 5.99. The Labute approximate surface area is 118 Å². The number of aliphatic carboxylic acids is 1. The Bertz CT molecular complexity index is 457. The average molecular weight is 280 g/mol. The molecule has 0 radical (unpaired) electrons. The Morgan fingerprint density at radius 2 is 1.85 bits per heavy atom. The normalized spacial score (nSPS) is 11.8. The van der Waals surface area contributed by atoms with Gasteiger partial charge >= 0.3 is 5.97 Å². The van der Waals surface area contributed by atoms with Crippen LogP contribution in [0.5, 0.6) is 0 Å². The molecule has 1 aromatic carbocycles. The van der Waals surface area contributed by atoms with Crippen LogP contribution in [0.15, 0.2) is 24.3 Å². The van der Waals surface area contributed by atoms with Crippen molar-refractivity contribution in [3.63, 3.8) is 0 Å². The third-order valence-corrected chi connectivity index (χ3v) is 2.87. The molecule has 0 saturated heterocycles.